The summed E-state index contributed by atoms with van der Waals surface area (Å²) in [6.45, 7) is 4.24. The highest BCUT2D eigenvalue weighted by molar-refractivity contribution is 5.77. The fourth-order valence-corrected chi connectivity index (χ4v) is 1.54. The van der Waals surface area contributed by atoms with E-state index >= 15 is 0 Å². The molecule has 1 aliphatic rings. The number of hydrogen-bond acceptors (Lipinski definition) is 5. The summed E-state index contributed by atoms with van der Waals surface area (Å²) in [4.78, 5) is 15.4. The molecule has 3 N–H and O–H groups in total. The van der Waals surface area contributed by atoms with Crippen LogP contribution in [0.4, 0.5) is 0 Å². The first-order chi connectivity index (χ1) is 8.18. The Kier molecular flexibility index (Phi) is 3.70. The number of nitrogens with one attached hydrogen (secondary N) is 3. The Balaban J connectivity index is 1.58. The van der Waals surface area contributed by atoms with E-state index in [1.54, 1.807) is 0 Å². The van der Waals surface area contributed by atoms with E-state index in [4.69, 9.17) is 4.74 Å². The summed E-state index contributed by atoms with van der Waals surface area (Å²) in [5, 5.41) is 12.3. The minimum absolute atomic E-state index is 0.0994. The summed E-state index contributed by atoms with van der Waals surface area (Å²) < 4.78 is 5.50. The van der Waals surface area contributed by atoms with E-state index in [1.165, 1.54) is 6.33 Å². The number of carbonyl (C=O) groups excluding carboxylic acids is 1. The van der Waals surface area contributed by atoms with Crippen LogP contribution in [0.1, 0.15) is 12.7 Å². The molecule has 0 saturated carbocycles. The average molecular weight is 239 g/mol. The van der Waals surface area contributed by atoms with Crippen molar-refractivity contribution < 1.29 is 9.53 Å². The number of amides is 1. The molecule has 1 aromatic rings. The van der Waals surface area contributed by atoms with Crippen molar-refractivity contribution in [2.75, 3.05) is 26.2 Å². The lowest BCUT2D eigenvalue weighted by molar-refractivity contribution is -0.135. The zero-order valence-corrected chi connectivity index (χ0v) is 9.82. The highest BCUT2D eigenvalue weighted by Gasteiger charge is 2.32. The summed E-state index contributed by atoms with van der Waals surface area (Å²) in [6, 6.07) is 0. The van der Waals surface area contributed by atoms with Crippen LogP contribution in [0.25, 0.3) is 0 Å². The van der Waals surface area contributed by atoms with Crippen molar-refractivity contribution in [1.29, 1.82) is 0 Å². The Morgan fingerprint density at radius 1 is 1.65 bits per heavy atom. The van der Waals surface area contributed by atoms with Gasteiger partial charge < -0.3 is 15.4 Å². The Morgan fingerprint density at radius 3 is 3.06 bits per heavy atom. The molecular formula is C10H17N5O2. The van der Waals surface area contributed by atoms with Gasteiger partial charge in [-0.1, -0.05) is 0 Å². The van der Waals surface area contributed by atoms with Crippen LogP contribution in [0.2, 0.25) is 0 Å². The number of aromatic amines is 1. The van der Waals surface area contributed by atoms with Crippen molar-refractivity contribution in [3.63, 3.8) is 0 Å². The van der Waals surface area contributed by atoms with Gasteiger partial charge in [0.15, 0.2) is 0 Å². The van der Waals surface area contributed by atoms with E-state index in [1.807, 2.05) is 6.92 Å². The van der Waals surface area contributed by atoms with Gasteiger partial charge in [0.2, 0.25) is 5.91 Å². The molecule has 94 valence electrons. The highest BCUT2D eigenvalue weighted by atomic mass is 16.5. The number of nitrogens with zero attached hydrogens (tertiary/aromatic N) is 2. The summed E-state index contributed by atoms with van der Waals surface area (Å²) in [6.07, 6.45) is 2.09. The fourth-order valence-electron chi connectivity index (χ4n) is 1.54. The van der Waals surface area contributed by atoms with Crippen molar-refractivity contribution in [2.45, 2.75) is 18.9 Å². The molecule has 1 aromatic heterocycles. The Labute approximate surface area is 99.3 Å². The summed E-state index contributed by atoms with van der Waals surface area (Å²) in [5.41, 5.74) is -0.178. The van der Waals surface area contributed by atoms with Gasteiger partial charge in [-0.05, 0) is 6.92 Å². The molecule has 1 saturated heterocycles. The number of carbonyl (C=O) groups is 1. The second kappa shape index (κ2) is 5.24. The number of hydrogen-bond donors (Lipinski definition) is 3. The molecule has 0 aromatic carbocycles. The quantitative estimate of drug-likeness (QED) is 0.582. The molecule has 0 unspecified atom stereocenters. The molecule has 7 nitrogen and oxygen atoms in total. The summed E-state index contributed by atoms with van der Waals surface area (Å²) in [7, 11) is 0. The van der Waals surface area contributed by atoms with E-state index in [-0.39, 0.29) is 18.1 Å². The first-order valence-corrected chi connectivity index (χ1v) is 5.64. The third-order valence-corrected chi connectivity index (χ3v) is 2.70. The summed E-state index contributed by atoms with van der Waals surface area (Å²) in [5.74, 6) is 0.666. The van der Waals surface area contributed by atoms with Crippen molar-refractivity contribution in [3.05, 3.63) is 12.2 Å². The minimum atomic E-state index is -0.178. The van der Waals surface area contributed by atoms with Crippen molar-refractivity contribution in [2.24, 2.45) is 0 Å². The Bertz CT molecular complexity index is 361. The zero-order chi connectivity index (χ0) is 12.1. The SMILES string of the molecule is CC1(OCC(=O)NCCc2ncn[nH]2)CNC1. The lowest BCUT2D eigenvalue weighted by Crippen LogP contribution is -2.59. The molecular weight excluding hydrogens is 222 g/mol. The van der Waals surface area contributed by atoms with Gasteiger partial charge in [-0.15, -0.1) is 0 Å². The fraction of sp³-hybridized carbons (Fsp3) is 0.700. The Hall–Kier alpha value is -1.47. The van der Waals surface area contributed by atoms with Gasteiger partial charge >= 0.3 is 0 Å². The van der Waals surface area contributed by atoms with Crippen LogP contribution in [-0.2, 0) is 16.0 Å². The molecule has 17 heavy (non-hydrogen) atoms. The lowest BCUT2D eigenvalue weighted by atomic mass is 10.0. The number of rotatable bonds is 6. The van der Waals surface area contributed by atoms with Gasteiger partial charge in [0.25, 0.3) is 0 Å². The van der Waals surface area contributed by atoms with E-state index in [0.29, 0.717) is 13.0 Å². The Morgan fingerprint density at radius 2 is 2.47 bits per heavy atom. The predicted molar refractivity (Wildman–Crippen MR) is 60.3 cm³/mol. The second-order valence-corrected chi connectivity index (χ2v) is 4.37. The monoisotopic (exact) mass is 239 g/mol. The molecule has 0 atom stereocenters. The van der Waals surface area contributed by atoms with Crippen molar-refractivity contribution in [3.8, 4) is 0 Å². The maximum atomic E-state index is 11.5. The van der Waals surface area contributed by atoms with E-state index in [0.717, 1.165) is 18.9 Å². The molecule has 2 heterocycles. The number of H-pyrrole nitrogens is 1. The lowest BCUT2D eigenvalue weighted by Gasteiger charge is -2.38. The third-order valence-electron chi connectivity index (χ3n) is 2.70. The smallest absolute Gasteiger partial charge is 0.246 e. The van der Waals surface area contributed by atoms with Crippen LogP contribution >= 0.6 is 0 Å². The molecule has 0 radical (unpaired) electrons. The zero-order valence-electron chi connectivity index (χ0n) is 9.82. The maximum absolute atomic E-state index is 11.5. The van der Waals surface area contributed by atoms with Crippen LogP contribution in [0.5, 0.6) is 0 Å². The van der Waals surface area contributed by atoms with Gasteiger partial charge in [0.05, 0.1) is 5.60 Å². The third kappa shape index (κ3) is 3.50. The highest BCUT2D eigenvalue weighted by Crippen LogP contribution is 2.14. The van der Waals surface area contributed by atoms with Crippen LogP contribution in [0, 0.1) is 0 Å². The first-order valence-electron chi connectivity index (χ1n) is 5.64. The van der Waals surface area contributed by atoms with Crippen LogP contribution < -0.4 is 10.6 Å². The average Bonchev–Trinajstić information content (AvgIpc) is 2.77. The number of ether oxygens (including phenoxy) is 1. The maximum Gasteiger partial charge on any atom is 0.246 e. The summed E-state index contributed by atoms with van der Waals surface area (Å²) >= 11 is 0. The van der Waals surface area contributed by atoms with Crippen LogP contribution in [0.15, 0.2) is 6.33 Å². The van der Waals surface area contributed by atoms with Gasteiger partial charge in [-0.3, -0.25) is 9.89 Å². The second-order valence-electron chi connectivity index (χ2n) is 4.37. The predicted octanol–water partition coefficient (Wildman–Crippen LogP) is -1.16. The normalized spacial score (nSPS) is 17.5. The molecule has 0 aliphatic carbocycles. The first kappa shape index (κ1) is 12.0. The van der Waals surface area contributed by atoms with Crippen LogP contribution in [0.3, 0.4) is 0 Å². The molecule has 1 fully saturated rings. The molecule has 7 heteroatoms. The molecule has 0 bridgehead atoms. The van der Waals surface area contributed by atoms with E-state index in [2.05, 4.69) is 25.8 Å². The molecule has 0 spiro atoms. The molecule has 1 aliphatic heterocycles. The van der Waals surface area contributed by atoms with Gasteiger partial charge in [0.1, 0.15) is 18.8 Å². The largest absolute Gasteiger partial charge is 0.363 e. The minimum Gasteiger partial charge on any atom is -0.363 e. The number of aromatic nitrogens is 3. The van der Waals surface area contributed by atoms with Crippen molar-refractivity contribution in [1.82, 2.24) is 25.8 Å². The van der Waals surface area contributed by atoms with Gasteiger partial charge in [0, 0.05) is 26.1 Å². The topological polar surface area (TPSA) is 91.9 Å². The van der Waals surface area contributed by atoms with E-state index in [9.17, 15) is 4.79 Å². The van der Waals surface area contributed by atoms with E-state index < -0.39 is 0 Å². The van der Waals surface area contributed by atoms with Crippen molar-refractivity contribution >= 4 is 5.91 Å². The molecule has 2 rings (SSSR count). The van der Waals surface area contributed by atoms with Gasteiger partial charge in [-0.25, -0.2) is 4.98 Å². The molecule has 1 amide bonds. The standard InChI is InChI=1S/C10H17N5O2/c1-10(5-11-6-10)17-4-9(16)12-3-2-8-13-7-14-15-8/h7,11H,2-6H2,1H3,(H,12,16)(H,13,14,15). The van der Waals surface area contributed by atoms with Gasteiger partial charge in [-0.2, -0.15) is 5.10 Å². The van der Waals surface area contributed by atoms with Crippen LogP contribution in [-0.4, -0.2) is 52.9 Å².